The molecule has 0 saturated heterocycles. The molecule has 0 fully saturated rings. The number of halogens is 1. The van der Waals surface area contributed by atoms with E-state index in [2.05, 4.69) is 4.98 Å². The second-order valence-corrected chi connectivity index (χ2v) is 4.09. The molecule has 1 aromatic carbocycles. The number of hydrogen-bond acceptors (Lipinski definition) is 3. The molecule has 0 spiro atoms. The van der Waals surface area contributed by atoms with Gasteiger partial charge < -0.3 is 10.5 Å². The molecule has 0 unspecified atom stereocenters. The number of pyridine rings is 1. The third-order valence-electron chi connectivity index (χ3n) is 2.42. The maximum Gasteiger partial charge on any atom is 0.222 e. The van der Waals surface area contributed by atoms with E-state index in [1.54, 1.807) is 12.3 Å². The van der Waals surface area contributed by atoms with Crippen LogP contribution in [-0.4, -0.2) is 4.98 Å². The Hall–Kier alpha value is -1.58. The van der Waals surface area contributed by atoms with E-state index in [1.807, 2.05) is 31.2 Å². The van der Waals surface area contributed by atoms with Crippen LogP contribution >= 0.6 is 11.6 Å². The zero-order chi connectivity index (χ0) is 12.3. The molecule has 3 nitrogen and oxygen atoms in total. The maximum absolute atomic E-state index is 6.06. The summed E-state index contributed by atoms with van der Waals surface area (Å²) in [6, 6.07) is 9.25. The third kappa shape index (κ3) is 2.75. The van der Waals surface area contributed by atoms with Gasteiger partial charge in [0, 0.05) is 23.3 Å². The van der Waals surface area contributed by atoms with Gasteiger partial charge in [0.2, 0.25) is 5.88 Å². The lowest BCUT2D eigenvalue weighted by Gasteiger charge is -2.08. The molecule has 2 rings (SSSR count). The van der Waals surface area contributed by atoms with E-state index in [1.165, 1.54) is 0 Å². The molecule has 1 aromatic heterocycles. The molecule has 0 radical (unpaired) electrons. The minimum Gasteiger partial charge on any atom is -0.439 e. The molecule has 0 amide bonds. The van der Waals surface area contributed by atoms with Crippen molar-refractivity contribution in [3.63, 3.8) is 0 Å². The first-order valence-corrected chi connectivity index (χ1v) is 5.66. The van der Waals surface area contributed by atoms with Crippen molar-refractivity contribution in [3.8, 4) is 11.6 Å². The molecule has 0 bridgehead atoms. The lowest BCUT2D eigenvalue weighted by Crippen LogP contribution is -1.97. The zero-order valence-corrected chi connectivity index (χ0v) is 10.2. The first-order chi connectivity index (χ1) is 8.20. The molecule has 1 heterocycles. The fourth-order valence-corrected chi connectivity index (χ4v) is 1.69. The Bertz CT molecular complexity index is 529. The summed E-state index contributed by atoms with van der Waals surface area (Å²) < 4.78 is 5.65. The topological polar surface area (TPSA) is 48.1 Å². The standard InChI is InChI=1S/C13H13ClN2O/c1-9-3-2-6-16-13(9)17-11-5-4-10(8-15)12(14)7-11/h2-7H,8,15H2,1H3. The van der Waals surface area contributed by atoms with Crippen molar-refractivity contribution in [1.82, 2.24) is 4.98 Å². The van der Waals surface area contributed by atoms with Crippen LogP contribution in [0.5, 0.6) is 11.6 Å². The lowest BCUT2D eigenvalue weighted by molar-refractivity contribution is 0.459. The maximum atomic E-state index is 6.06. The second kappa shape index (κ2) is 5.17. The number of aromatic nitrogens is 1. The predicted molar refractivity (Wildman–Crippen MR) is 68.4 cm³/mol. The van der Waals surface area contributed by atoms with Crippen molar-refractivity contribution in [2.75, 3.05) is 0 Å². The summed E-state index contributed by atoms with van der Waals surface area (Å²) in [5, 5.41) is 0.610. The number of benzene rings is 1. The van der Waals surface area contributed by atoms with E-state index in [0.29, 0.717) is 23.2 Å². The molecule has 0 aliphatic heterocycles. The largest absolute Gasteiger partial charge is 0.439 e. The van der Waals surface area contributed by atoms with Gasteiger partial charge in [0.15, 0.2) is 0 Å². The SMILES string of the molecule is Cc1cccnc1Oc1ccc(CN)c(Cl)c1. The molecule has 0 aliphatic carbocycles. The first kappa shape index (κ1) is 11.9. The van der Waals surface area contributed by atoms with Crippen LogP contribution in [0.15, 0.2) is 36.5 Å². The smallest absolute Gasteiger partial charge is 0.222 e. The van der Waals surface area contributed by atoms with Gasteiger partial charge in [0.1, 0.15) is 5.75 Å². The average Bonchev–Trinajstić information content (AvgIpc) is 2.32. The monoisotopic (exact) mass is 248 g/mol. The minimum atomic E-state index is 0.418. The van der Waals surface area contributed by atoms with Crippen molar-refractivity contribution in [1.29, 1.82) is 0 Å². The summed E-state index contributed by atoms with van der Waals surface area (Å²) in [5.74, 6) is 1.25. The summed E-state index contributed by atoms with van der Waals surface area (Å²) in [5.41, 5.74) is 7.42. The fourth-order valence-electron chi connectivity index (χ4n) is 1.45. The summed E-state index contributed by atoms with van der Waals surface area (Å²) in [4.78, 5) is 4.16. The van der Waals surface area contributed by atoms with Crippen molar-refractivity contribution >= 4 is 11.6 Å². The summed E-state index contributed by atoms with van der Waals surface area (Å²) in [7, 11) is 0. The van der Waals surface area contributed by atoms with E-state index in [0.717, 1.165) is 11.1 Å². The normalized spacial score (nSPS) is 10.3. The van der Waals surface area contributed by atoms with Crippen LogP contribution in [-0.2, 0) is 6.54 Å². The van der Waals surface area contributed by atoms with Gasteiger partial charge in [-0.05, 0) is 30.7 Å². The number of ether oxygens (including phenoxy) is 1. The fraction of sp³-hybridized carbons (Fsp3) is 0.154. The molecule has 0 atom stereocenters. The van der Waals surface area contributed by atoms with Gasteiger partial charge in [-0.2, -0.15) is 0 Å². The Kier molecular flexibility index (Phi) is 3.61. The molecular formula is C13H13ClN2O. The van der Waals surface area contributed by atoms with Gasteiger partial charge in [0.05, 0.1) is 0 Å². The van der Waals surface area contributed by atoms with Crippen LogP contribution in [0.1, 0.15) is 11.1 Å². The van der Waals surface area contributed by atoms with Gasteiger partial charge in [0.25, 0.3) is 0 Å². The van der Waals surface area contributed by atoms with Crippen molar-refractivity contribution in [2.45, 2.75) is 13.5 Å². The van der Waals surface area contributed by atoms with E-state index in [4.69, 9.17) is 22.1 Å². The summed E-state index contributed by atoms with van der Waals surface area (Å²) in [6.07, 6.45) is 1.69. The Balaban J connectivity index is 2.25. The van der Waals surface area contributed by atoms with Gasteiger partial charge in [-0.3, -0.25) is 0 Å². The van der Waals surface area contributed by atoms with E-state index in [-0.39, 0.29) is 0 Å². The number of rotatable bonds is 3. The van der Waals surface area contributed by atoms with Crippen LogP contribution < -0.4 is 10.5 Å². The molecule has 88 valence electrons. The molecule has 4 heteroatoms. The van der Waals surface area contributed by atoms with Crippen molar-refractivity contribution in [3.05, 3.63) is 52.7 Å². The van der Waals surface area contributed by atoms with Gasteiger partial charge in [-0.25, -0.2) is 4.98 Å². The highest BCUT2D eigenvalue weighted by molar-refractivity contribution is 6.31. The van der Waals surface area contributed by atoms with Crippen LogP contribution in [0.25, 0.3) is 0 Å². The van der Waals surface area contributed by atoms with E-state index < -0.39 is 0 Å². The summed E-state index contributed by atoms with van der Waals surface area (Å²) in [6.45, 7) is 2.36. The Morgan fingerprint density at radius 1 is 1.35 bits per heavy atom. The number of aryl methyl sites for hydroxylation is 1. The molecule has 17 heavy (non-hydrogen) atoms. The number of hydrogen-bond donors (Lipinski definition) is 1. The molecule has 2 aromatic rings. The Morgan fingerprint density at radius 2 is 2.18 bits per heavy atom. The van der Waals surface area contributed by atoms with E-state index >= 15 is 0 Å². The summed E-state index contributed by atoms with van der Waals surface area (Å²) >= 11 is 6.06. The van der Waals surface area contributed by atoms with Crippen molar-refractivity contribution in [2.24, 2.45) is 5.73 Å². The molecule has 0 aliphatic rings. The highest BCUT2D eigenvalue weighted by Gasteiger charge is 2.04. The predicted octanol–water partition coefficient (Wildman–Crippen LogP) is 3.29. The Morgan fingerprint density at radius 3 is 2.82 bits per heavy atom. The molecule has 0 saturated carbocycles. The Labute approximate surface area is 105 Å². The molecule has 2 N–H and O–H groups in total. The van der Waals surface area contributed by atoms with Crippen LogP contribution in [0.3, 0.4) is 0 Å². The van der Waals surface area contributed by atoms with Crippen LogP contribution in [0.4, 0.5) is 0 Å². The first-order valence-electron chi connectivity index (χ1n) is 5.28. The minimum absolute atomic E-state index is 0.418. The van der Waals surface area contributed by atoms with Crippen LogP contribution in [0.2, 0.25) is 5.02 Å². The lowest BCUT2D eigenvalue weighted by atomic mass is 10.2. The number of nitrogens with zero attached hydrogens (tertiary/aromatic N) is 1. The zero-order valence-electron chi connectivity index (χ0n) is 9.48. The van der Waals surface area contributed by atoms with Gasteiger partial charge in [-0.15, -0.1) is 0 Å². The van der Waals surface area contributed by atoms with E-state index in [9.17, 15) is 0 Å². The highest BCUT2D eigenvalue weighted by Crippen LogP contribution is 2.26. The van der Waals surface area contributed by atoms with Crippen molar-refractivity contribution < 1.29 is 4.74 Å². The number of nitrogens with two attached hydrogens (primary N) is 1. The van der Waals surface area contributed by atoms with Crippen LogP contribution in [0, 0.1) is 6.92 Å². The third-order valence-corrected chi connectivity index (χ3v) is 2.77. The second-order valence-electron chi connectivity index (χ2n) is 3.68. The molecular weight excluding hydrogens is 236 g/mol. The van der Waals surface area contributed by atoms with Gasteiger partial charge >= 0.3 is 0 Å². The average molecular weight is 249 g/mol. The van der Waals surface area contributed by atoms with Gasteiger partial charge in [-0.1, -0.05) is 23.7 Å². The highest BCUT2D eigenvalue weighted by atomic mass is 35.5. The quantitative estimate of drug-likeness (QED) is 0.907.